The number of nitrogens with zero attached hydrogens (tertiary/aromatic N) is 2. The van der Waals surface area contributed by atoms with Gasteiger partial charge in [-0.1, -0.05) is 12.1 Å². The number of hydrogen-bond acceptors (Lipinski definition) is 3. The number of pyridine rings is 1. The highest BCUT2D eigenvalue weighted by molar-refractivity contribution is 9.10. The molecule has 0 unspecified atom stereocenters. The van der Waals surface area contributed by atoms with Gasteiger partial charge in [0.2, 0.25) is 0 Å². The Hall–Kier alpha value is -2.87. The zero-order chi connectivity index (χ0) is 22.9. The minimum atomic E-state index is -4.46. The average molecular weight is 504 g/mol. The molecule has 0 aliphatic carbocycles. The number of amides is 1. The molecule has 1 amide bonds. The number of aromatic nitrogens is 1. The smallest absolute Gasteiger partial charge is 0.370 e. The minimum absolute atomic E-state index is 0.112. The molecule has 2 heterocycles. The first-order chi connectivity index (χ1) is 15.2. The van der Waals surface area contributed by atoms with Crippen LogP contribution in [0.1, 0.15) is 39.4 Å². The number of rotatable bonds is 4. The predicted molar refractivity (Wildman–Crippen MR) is 122 cm³/mol. The summed E-state index contributed by atoms with van der Waals surface area (Å²) in [5.41, 5.74) is 2.93. The maximum Gasteiger partial charge on any atom is 0.416 e. The fourth-order valence-electron chi connectivity index (χ4n) is 4.02. The minimum Gasteiger partial charge on any atom is -0.370 e. The van der Waals surface area contributed by atoms with E-state index in [2.05, 4.69) is 31.1 Å². The monoisotopic (exact) mass is 503 g/mol. The number of hydrogen-bond donors (Lipinski definition) is 1. The first-order valence-electron chi connectivity index (χ1n) is 10.2. The highest BCUT2D eigenvalue weighted by atomic mass is 79.9. The van der Waals surface area contributed by atoms with Crippen molar-refractivity contribution in [2.24, 2.45) is 0 Å². The second-order valence-electron chi connectivity index (χ2n) is 7.90. The van der Waals surface area contributed by atoms with Gasteiger partial charge in [0.1, 0.15) is 0 Å². The van der Waals surface area contributed by atoms with E-state index in [4.69, 9.17) is 0 Å². The highest BCUT2D eigenvalue weighted by Gasteiger charge is 2.30. The summed E-state index contributed by atoms with van der Waals surface area (Å²) in [7, 11) is 0. The molecule has 1 atom stereocenters. The SMILES string of the molecule is Cc1ccc(C(=O)Nc2cccc(C(F)(F)F)c2)cc1[C@@H]1CCN(c2cncc(Br)c2)C1. The Morgan fingerprint density at radius 1 is 1.16 bits per heavy atom. The number of halogens is 4. The van der Waals surface area contributed by atoms with Crippen molar-refractivity contribution in [2.45, 2.75) is 25.4 Å². The third kappa shape index (κ3) is 4.96. The van der Waals surface area contributed by atoms with Crippen LogP contribution in [-0.4, -0.2) is 24.0 Å². The van der Waals surface area contributed by atoms with Crippen molar-refractivity contribution in [3.63, 3.8) is 0 Å². The van der Waals surface area contributed by atoms with E-state index in [1.165, 1.54) is 12.1 Å². The number of benzene rings is 2. The van der Waals surface area contributed by atoms with Crippen LogP contribution in [0.3, 0.4) is 0 Å². The van der Waals surface area contributed by atoms with Crippen LogP contribution in [0, 0.1) is 6.92 Å². The molecule has 1 saturated heterocycles. The summed E-state index contributed by atoms with van der Waals surface area (Å²) in [4.78, 5) is 19.3. The molecule has 3 aromatic rings. The Bertz CT molecular complexity index is 1150. The summed E-state index contributed by atoms with van der Waals surface area (Å²) >= 11 is 3.45. The first-order valence-corrected chi connectivity index (χ1v) is 10.9. The summed E-state index contributed by atoms with van der Waals surface area (Å²) in [5.74, 6) is -0.188. The van der Waals surface area contributed by atoms with Crippen molar-refractivity contribution in [1.29, 1.82) is 0 Å². The summed E-state index contributed by atoms with van der Waals surface area (Å²) in [6, 6.07) is 12.1. The van der Waals surface area contributed by atoms with Crippen molar-refractivity contribution in [3.05, 3.63) is 87.7 Å². The fraction of sp³-hybridized carbons (Fsp3) is 0.250. The van der Waals surface area contributed by atoms with Crippen LogP contribution in [0.25, 0.3) is 0 Å². The van der Waals surface area contributed by atoms with Crippen molar-refractivity contribution < 1.29 is 18.0 Å². The molecule has 32 heavy (non-hydrogen) atoms. The van der Waals surface area contributed by atoms with Crippen LogP contribution in [0.5, 0.6) is 0 Å². The molecule has 4 rings (SSSR count). The lowest BCUT2D eigenvalue weighted by atomic mass is 9.92. The lowest BCUT2D eigenvalue weighted by molar-refractivity contribution is -0.137. The van der Waals surface area contributed by atoms with Gasteiger partial charge in [0.15, 0.2) is 0 Å². The van der Waals surface area contributed by atoms with Gasteiger partial charge in [0.05, 0.1) is 17.4 Å². The van der Waals surface area contributed by atoms with Gasteiger partial charge in [-0.15, -0.1) is 0 Å². The van der Waals surface area contributed by atoms with Crippen molar-refractivity contribution in [2.75, 3.05) is 23.3 Å². The molecule has 0 bridgehead atoms. The summed E-state index contributed by atoms with van der Waals surface area (Å²) < 4.78 is 39.8. The van der Waals surface area contributed by atoms with E-state index in [0.29, 0.717) is 5.56 Å². The molecule has 4 nitrogen and oxygen atoms in total. The molecule has 166 valence electrons. The van der Waals surface area contributed by atoms with Crippen LogP contribution in [0.4, 0.5) is 24.5 Å². The quantitative estimate of drug-likeness (QED) is 0.446. The summed E-state index contributed by atoms with van der Waals surface area (Å²) in [6.45, 7) is 3.69. The maximum atomic E-state index is 13.0. The van der Waals surface area contributed by atoms with Crippen LogP contribution in [0.2, 0.25) is 0 Å². The second kappa shape index (κ2) is 8.94. The Morgan fingerprint density at radius 2 is 1.97 bits per heavy atom. The molecule has 1 aromatic heterocycles. The second-order valence-corrected chi connectivity index (χ2v) is 8.81. The molecule has 1 fully saturated rings. The van der Waals surface area contributed by atoms with Crippen molar-refractivity contribution in [3.8, 4) is 0 Å². The molecule has 1 aliphatic rings. The molecular formula is C24H21BrF3N3O. The average Bonchev–Trinajstić information content (AvgIpc) is 3.24. The topological polar surface area (TPSA) is 45.2 Å². The van der Waals surface area contributed by atoms with Crippen molar-refractivity contribution >= 4 is 33.2 Å². The van der Waals surface area contributed by atoms with Gasteiger partial charge in [-0.3, -0.25) is 9.78 Å². The Kier molecular flexibility index (Phi) is 6.24. The third-order valence-electron chi connectivity index (χ3n) is 5.67. The van der Waals surface area contributed by atoms with E-state index < -0.39 is 17.6 Å². The number of carbonyl (C=O) groups is 1. The molecule has 0 saturated carbocycles. The third-order valence-corrected chi connectivity index (χ3v) is 6.11. The van der Waals surface area contributed by atoms with Crippen LogP contribution < -0.4 is 10.2 Å². The normalized spacial score (nSPS) is 16.3. The number of aryl methyl sites for hydroxylation is 1. The zero-order valence-corrected chi connectivity index (χ0v) is 18.9. The number of nitrogens with one attached hydrogen (secondary N) is 1. The van der Waals surface area contributed by atoms with Gasteiger partial charge >= 0.3 is 6.18 Å². The maximum absolute atomic E-state index is 13.0. The molecule has 8 heteroatoms. The molecule has 1 N–H and O–H groups in total. The number of anilines is 2. The van der Waals surface area contributed by atoms with E-state index in [0.717, 1.165) is 52.9 Å². The summed E-state index contributed by atoms with van der Waals surface area (Å²) in [5, 5.41) is 2.59. The zero-order valence-electron chi connectivity index (χ0n) is 17.3. The fourth-order valence-corrected chi connectivity index (χ4v) is 4.37. The molecule has 0 spiro atoms. The summed E-state index contributed by atoms with van der Waals surface area (Å²) in [6.07, 6.45) is 0.0502. The molecule has 1 aliphatic heterocycles. The largest absolute Gasteiger partial charge is 0.416 e. The number of carbonyl (C=O) groups excluding carboxylic acids is 1. The van der Waals surface area contributed by atoms with Gasteiger partial charge in [-0.25, -0.2) is 0 Å². The number of alkyl halides is 3. The van der Waals surface area contributed by atoms with Gasteiger partial charge < -0.3 is 10.2 Å². The highest BCUT2D eigenvalue weighted by Crippen LogP contribution is 2.34. The van der Waals surface area contributed by atoms with Gasteiger partial charge in [-0.2, -0.15) is 13.2 Å². The van der Waals surface area contributed by atoms with Crippen LogP contribution >= 0.6 is 15.9 Å². The Morgan fingerprint density at radius 3 is 2.72 bits per heavy atom. The van der Waals surface area contributed by atoms with E-state index >= 15 is 0 Å². The molecule has 2 aromatic carbocycles. The van der Waals surface area contributed by atoms with Crippen molar-refractivity contribution in [1.82, 2.24) is 4.98 Å². The lowest BCUT2D eigenvalue weighted by Gasteiger charge is -2.20. The first kappa shape index (κ1) is 22.3. The van der Waals surface area contributed by atoms with Gasteiger partial charge in [0.25, 0.3) is 5.91 Å². The molecular weight excluding hydrogens is 483 g/mol. The van der Waals surface area contributed by atoms with Gasteiger partial charge in [-0.05, 0) is 76.8 Å². The standard InChI is InChI=1S/C24H21BrF3N3O/c1-15-5-6-16(23(32)30-20-4-2-3-18(10-20)24(26,27)28)9-22(15)17-7-8-31(14-17)21-11-19(25)12-29-13-21/h2-6,9-13,17H,7-8,14H2,1H3,(H,30,32)/t17-/m1/s1. The van der Waals surface area contributed by atoms with Crippen LogP contribution in [0.15, 0.2) is 65.4 Å². The van der Waals surface area contributed by atoms with E-state index in [1.807, 2.05) is 31.3 Å². The van der Waals surface area contributed by atoms with E-state index in [9.17, 15) is 18.0 Å². The lowest BCUT2D eigenvalue weighted by Crippen LogP contribution is -2.19. The van der Waals surface area contributed by atoms with E-state index in [-0.39, 0.29) is 11.6 Å². The van der Waals surface area contributed by atoms with Gasteiger partial charge in [0, 0.05) is 40.9 Å². The Labute approximate surface area is 192 Å². The predicted octanol–water partition coefficient (Wildman–Crippen LogP) is 6.42. The molecule has 0 radical (unpaired) electrons. The van der Waals surface area contributed by atoms with Crippen LogP contribution in [-0.2, 0) is 6.18 Å². The Balaban J connectivity index is 1.51. The van der Waals surface area contributed by atoms with E-state index in [1.54, 1.807) is 12.3 Å².